The molecular weight excluding hydrogens is 224 g/mol. The van der Waals surface area contributed by atoms with E-state index in [1.165, 1.54) is 0 Å². The first kappa shape index (κ1) is 14.0. The summed E-state index contributed by atoms with van der Waals surface area (Å²) < 4.78 is 10.2. The van der Waals surface area contributed by atoms with Gasteiger partial charge in [0, 0.05) is 13.2 Å². The van der Waals surface area contributed by atoms with Crippen LogP contribution in [0.4, 0.5) is 0 Å². The highest BCUT2D eigenvalue weighted by atomic mass is 16.6. The van der Waals surface area contributed by atoms with Crippen molar-refractivity contribution in [3.63, 3.8) is 0 Å². The van der Waals surface area contributed by atoms with Gasteiger partial charge in [0.2, 0.25) is 0 Å². The molecule has 0 aliphatic carbocycles. The molecule has 1 aliphatic heterocycles. The fraction of sp³-hybridized carbons (Fsp3) is 0.833. The lowest BCUT2D eigenvalue weighted by atomic mass is 10.0. The van der Waals surface area contributed by atoms with Crippen molar-refractivity contribution >= 4 is 11.9 Å². The van der Waals surface area contributed by atoms with Crippen LogP contribution in [0.3, 0.4) is 0 Å². The molecule has 1 rings (SSSR count). The summed E-state index contributed by atoms with van der Waals surface area (Å²) in [6.07, 6.45) is 0.564. The molecule has 98 valence electrons. The highest BCUT2D eigenvalue weighted by molar-refractivity contribution is 5.79. The van der Waals surface area contributed by atoms with Gasteiger partial charge in [-0.05, 0) is 25.2 Å². The minimum absolute atomic E-state index is 0.179. The summed E-state index contributed by atoms with van der Waals surface area (Å²) in [5.74, 6) is -1.50. The van der Waals surface area contributed by atoms with Crippen LogP contribution in [0.25, 0.3) is 0 Å². The third kappa shape index (κ3) is 4.73. The monoisotopic (exact) mass is 244 g/mol. The van der Waals surface area contributed by atoms with E-state index in [0.29, 0.717) is 32.5 Å². The molecule has 0 amide bonds. The second-order valence-electron chi connectivity index (χ2n) is 4.78. The molecule has 1 aliphatic rings. The van der Waals surface area contributed by atoms with Gasteiger partial charge < -0.3 is 14.6 Å². The van der Waals surface area contributed by atoms with Crippen LogP contribution in [-0.4, -0.2) is 36.4 Å². The van der Waals surface area contributed by atoms with Crippen molar-refractivity contribution in [2.75, 3.05) is 13.2 Å². The normalized spacial score (nSPS) is 19.0. The predicted octanol–water partition coefficient (Wildman–Crippen LogP) is 1.46. The van der Waals surface area contributed by atoms with E-state index in [4.69, 9.17) is 14.6 Å². The third-order valence-corrected chi connectivity index (χ3v) is 2.77. The SMILES string of the molecule is CC(C)C[C@@H](OC(=O)C1CCOCC1)C(=O)O. The number of hydrogen-bond donors (Lipinski definition) is 1. The van der Waals surface area contributed by atoms with Crippen molar-refractivity contribution in [1.29, 1.82) is 0 Å². The first-order valence-corrected chi connectivity index (χ1v) is 6.01. The van der Waals surface area contributed by atoms with Crippen LogP contribution in [0.5, 0.6) is 0 Å². The van der Waals surface area contributed by atoms with Crippen molar-refractivity contribution in [3.05, 3.63) is 0 Å². The predicted molar refractivity (Wildman–Crippen MR) is 60.5 cm³/mol. The summed E-state index contributed by atoms with van der Waals surface area (Å²) in [5.41, 5.74) is 0. The van der Waals surface area contributed by atoms with Crippen LogP contribution in [0.1, 0.15) is 33.1 Å². The molecule has 5 heteroatoms. The van der Waals surface area contributed by atoms with Crippen molar-refractivity contribution in [2.24, 2.45) is 11.8 Å². The molecule has 1 fully saturated rings. The molecule has 17 heavy (non-hydrogen) atoms. The number of carbonyl (C=O) groups is 2. The van der Waals surface area contributed by atoms with E-state index in [1.807, 2.05) is 13.8 Å². The molecule has 5 nitrogen and oxygen atoms in total. The van der Waals surface area contributed by atoms with Crippen molar-refractivity contribution in [2.45, 2.75) is 39.2 Å². The Hall–Kier alpha value is -1.10. The lowest BCUT2D eigenvalue weighted by Crippen LogP contribution is -2.33. The van der Waals surface area contributed by atoms with Crippen LogP contribution < -0.4 is 0 Å². The van der Waals surface area contributed by atoms with Gasteiger partial charge in [0.1, 0.15) is 0 Å². The van der Waals surface area contributed by atoms with E-state index in [2.05, 4.69) is 0 Å². The summed E-state index contributed by atoms with van der Waals surface area (Å²) >= 11 is 0. The van der Waals surface area contributed by atoms with Gasteiger partial charge in [0.25, 0.3) is 0 Å². The molecular formula is C12H20O5. The molecule has 1 heterocycles. The van der Waals surface area contributed by atoms with Crippen LogP contribution in [0, 0.1) is 11.8 Å². The number of aliphatic carboxylic acids is 1. The zero-order valence-electron chi connectivity index (χ0n) is 10.3. The summed E-state index contributed by atoms with van der Waals surface area (Å²) in [5, 5.41) is 8.97. The number of carboxylic acids is 1. The van der Waals surface area contributed by atoms with Gasteiger partial charge in [-0.25, -0.2) is 4.79 Å². The summed E-state index contributed by atoms with van der Waals surface area (Å²) in [7, 11) is 0. The number of ether oxygens (including phenoxy) is 2. The third-order valence-electron chi connectivity index (χ3n) is 2.77. The zero-order valence-corrected chi connectivity index (χ0v) is 10.3. The van der Waals surface area contributed by atoms with Crippen LogP contribution in [0.2, 0.25) is 0 Å². The number of hydrogen-bond acceptors (Lipinski definition) is 4. The van der Waals surface area contributed by atoms with Gasteiger partial charge in [-0.2, -0.15) is 0 Å². The maximum Gasteiger partial charge on any atom is 0.345 e. The number of carboxylic acid groups (broad SMARTS) is 1. The van der Waals surface area contributed by atoms with Gasteiger partial charge in [-0.1, -0.05) is 13.8 Å². The van der Waals surface area contributed by atoms with E-state index in [1.54, 1.807) is 0 Å². The lowest BCUT2D eigenvalue weighted by Gasteiger charge is -2.23. The quantitative estimate of drug-likeness (QED) is 0.741. The Balaban J connectivity index is 2.47. The minimum Gasteiger partial charge on any atom is -0.479 e. The molecule has 0 aromatic heterocycles. The largest absolute Gasteiger partial charge is 0.479 e. The molecule has 0 aromatic carbocycles. The summed E-state index contributed by atoms with van der Waals surface area (Å²) in [4.78, 5) is 22.7. The molecule has 0 saturated carbocycles. The fourth-order valence-corrected chi connectivity index (χ4v) is 1.80. The Morgan fingerprint density at radius 2 is 1.94 bits per heavy atom. The number of esters is 1. The molecule has 0 aromatic rings. The topological polar surface area (TPSA) is 72.8 Å². The Bertz CT molecular complexity index is 268. The van der Waals surface area contributed by atoms with Gasteiger partial charge in [-0.15, -0.1) is 0 Å². The van der Waals surface area contributed by atoms with Crippen LogP contribution in [-0.2, 0) is 19.1 Å². The summed E-state index contributed by atoms with van der Waals surface area (Å²) in [6.45, 7) is 4.89. The second-order valence-corrected chi connectivity index (χ2v) is 4.78. The molecule has 0 spiro atoms. The Morgan fingerprint density at radius 3 is 2.41 bits per heavy atom. The molecule has 1 atom stereocenters. The van der Waals surface area contributed by atoms with Crippen molar-refractivity contribution < 1.29 is 24.2 Å². The van der Waals surface area contributed by atoms with Crippen molar-refractivity contribution in [3.8, 4) is 0 Å². The lowest BCUT2D eigenvalue weighted by molar-refractivity contribution is -0.169. The van der Waals surface area contributed by atoms with E-state index in [9.17, 15) is 9.59 Å². The minimum atomic E-state index is -1.07. The Labute approximate surface area is 101 Å². The maximum absolute atomic E-state index is 11.8. The first-order valence-electron chi connectivity index (χ1n) is 6.01. The second kappa shape index (κ2) is 6.59. The Morgan fingerprint density at radius 1 is 1.35 bits per heavy atom. The standard InChI is InChI=1S/C12H20O5/c1-8(2)7-10(11(13)14)17-12(15)9-3-5-16-6-4-9/h8-10H,3-7H2,1-2H3,(H,13,14)/t10-/m1/s1. The first-order chi connectivity index (χ1) is 8.00. The average Bonchev–Trinajstić information content (AvgIpc) is 2.28. The van der Waals surface area contributed by atoms with E-state index in [-0.39, 0.29) is 11.8 Å². The Kier molecular flexibility index (Phi) is 5.41. The van der Waals surface area contributed by atoms with Gasteiger partial charge in [0.05, 0.1) is 5.92 Å². The van der Waals surface area contributed by atoms with Crippen LogP contribution in [0.15, 0.2) is 0 Å². The molecule has 0 unspecified atom stereocenters. The van der Waals surface area contributed by atoms with Gasteiger partial charge >= 0.3 is 11.9 Å². The van der Waals surface area contributed by atoms with Gasteiger partial charge in [-0.3, -0.25) is 4.79 Å². The van der Waals surface area contributed by atoms with Crippen molar-refractivity contribution in [1.82, 2.24) is 0 Å². The molecule has 1 saturated heterocycles. The maximum atomic E-state index is 11.8. The average molecular weight is 244 g/mol. The highest BCUT2D eigenvalue weighted by Crippen LogP contribution is 2.18. The number of carbonyl (C=O) groups excluding carboxylic acids is 1. The van der Waals surface area contributed by atoms with E-state index in [0.717, 1.165) is 0 Å². The van der Waals surface area contributed by atoms with E-state index >= 15 is 0 Å². The molecule has 1 N–H and O–H groups in total. The highest BCUT2D eigenvalue weighted by Gasteiger charge is 2.29. The summed E-state index contributed by atoms with van der Waals surface area (Å²) in [6, 6.07) is 0. The molecule has 0 radical (unpaired) electrons. The molecule has 0 bridgehead atoms. The van der Waals surface area contributed by atoms with E-state index < -0.39 is 18.0 Å². The smallest absolute Gasteiger partial charge is 0.345 e. The fourth-order valence-electron chi connectivity index (χ4n) is 1.80. The van der Waals surface area contributed by atoms with Crippen LogP contribution >= 0.6 is 0 Å². The zero-order chi connectivity index (χ0) is 12.8. The number of rotatable bonds is 5. The van der Waals surface area contributed by atoms with Gasteiger partial charge in [0.15, 0.2) is 6.10 Å².